The van der Waals surface area contributed by atoms with E-state index in [9.17, 15) is 14.4 Å². The van der Waals surface area contributed by atoms with Crippen LogP contribution in [0.15, 0.2) is 84.0 Å². The molecule has 11 nitrogen and oxygen atoms in total. The minimum Gasteiger partial charge on any atom is -0.379 e. The summed E-state index contributed by atoms with van der Waals surface area (Å²) in [5, 5.41) is 9.53. The number of anilines is 2. The summed E-state index contributed by atoms with van der Waals surface area (Å²) in [4.78, 5) is 47.8. The highest BCUT2D eigenvalue weighted by molar-refractivity contribution is 7.98. The number of ether oxygens (including phenoxy) is 1. The highest BCUT2D eigenvalue weighted by atomic mass is 32.2. The van der Waals surface area contributed by atoms with Crippen molar-refractivity contribution in [3.63, 3.8) is 0 Å². The maximum atomic E-state index is 13.4. The van der Waals surface area contributed by atoms with E-state index in [0.717, 1.165) is 41.8 Å². The Balaban J connectivity index is 1.08. The molecule has 3 amide bonds. The van der Waals surface area contributed by atoms with Crippen LogP contribution in [0.4, 0.5) is 11.4 Å². The van der Waals surface area contributed by atoms with E-state index in [4.69, 9.17) is 9.72 Å². The summed E-state index contributed by atoms with van der Waals surface area (Å²) in [6, 6.07) is 20.8. The molecule has 0 aliphatic carbocycles. The molecule has 4 heterocycles. The second-order valence-electron chi connectivity index (χ2n) is 11.8. The van der Waals surface area contributed by atoms with Gasteiger partial charge in [0.15, 0.2) is 0 Å². The number of carbonyl (C=O) groups is 3. The van der Waals surface area contributed by atoms with Gasteiger partial charge in [0.2, 0.25) is 0 Å². The highest BCUT2D eigenvalue weighted by Gasteiger charge is 2.21. The van der Waals surface area contributed by atoms with E-state index in [1.54, 1.807) is 71.7 Å². The molecular weight excluding hydrogens is 639 g/mol. The molecule has 0 bridgehead atoms. The molecule has 0 atom stereocenters. The van der Waals surface area contributed by atoms with E-state index in [1.807, 2.05) is 30.4 Å². The zero-order valence-electron chi connectivity index (χ0n) is 27.7. The Hall–Kier alpha value is -5.17. The topological polar surface area (TPSA) is 123 Å². The number of aromatic nitrogens is 3. The first-order chi connectivity index (χ1) is 23.8. The number of nitrogens with one attached hydrogen (secondary N) is 3. The van der Waals surface area contributed by atoms with Crippen LogP contribution in [0, 0.1) is 0 Å². The van der Waals surface area contributed by atoms with Crippen molar-refractivity contribution in [2.75, 3.05) is 56.3 Å². The number of pyridine rings is 1. The van der Waals surface area contributed by atoms with Crippen LogP contribution in [-0.2, 0) is 18.8 Å². The second kappa shape index (κ2) is 15.4. The van der Waals surface area contributed by atoms with Crippen molar-refractivity contribution >= 4 is 63.9 Å². The lowest BCUT2D eigenvalue weighted by Crippen LogP contribution is -2.41. The first-order valence-electron chi connectivity index (χ1n) is 16.0. The van der Waals surface area contributed by atoms with Gasteiger partial charge in [-0.1, -0.05) is 24.3 Å². The zero-order valence-corrected chi connectivity index (χ0v) is 28.5. The lowest BCUT2D eigenvalue weighted by Gasteiger charge is -2.26. The number of hydrogen-bond acceptors (Lipinski definition) is 7. The predicted molar refractivity (Wildman–Crippen MR) is 195 cm³/mol. The first-order valence-corrected chi connectivity index (χ1v) is 17.3. The third kappa shape index (κ3) is 8.29. The maximum Gasteiger partial charge on any atom is 0.274 e. The maximum absolute atomic E-state index is 13.4. The van der Waals surface area contributed by atoms with Gasteiger partial charge in [-0.3, -0.25) is 19.3 Å². The standard InChI is InChI=1S/C37H39N7O4S/c1-42-16-14-32(34(42)37(47)40-29-23-33(43(2)24-29)36(46)38-15-17-44-18-20-48-21-19-44)41-35(45)27-8-13-31-26(22-27)7-10-28(39-31)9-4-25-5-11-30(49-3)12-6-25/h4-14,16,22-24H,15,17-21H2,1-3H3,(H,38,46)(H,40,47)(H,41,45). The van der Waals surface area contributed by atoms with E-state index in [-0.39, 0.29) is 17.5 Å². The van der Waals surface area contributed by atoms with Crippen molar-refractivity contribution in [2.24, 2.45) is 14.1 Å². The number of amides is 3. The summed E-state index contributed by atoms with van der Waals surface area (Å²) >= 11 is 1.71. The van der Waals surface area contributed by atoms with Gasteiger partial charge in [0.1, 0.15) is 11.4 Å². The molecule has 1 aliphatic heterocycles. The minimum atomic E-state index is -0.420. The minimum absolute atomic E-state index is 0.224. The SMILES string of the molecule is CSc1ccc(C=Cc2ccc3cc(C(=O)Nc4ccn(C)c4C(=O)Nc4cc(C(=O)NCCN5CCOCC5)n(C)c4)ccc3n2)cc1. The molecule has 252 valence electrons. The average Bonchev–Trinajstić information content (AvgIpc) is 3.68. The van der Waals surface area contributed by atoms with Gasteiger partial charge < -0.3 is 29.8 Å². The fraction of sp³-hybridized carbons (Fsp3) is 0.243. The van der Waals surface area contributed by atoms with Gasteiger partial charge in [0, 0.05) is 68.5 Å². The molecule has 49 heavy (non-hydrogen) atoms. The summed E-state index contributed by atoms with van der Waals surface area (Å²) in [6.45, 7) is 4.37. The molecule has 1 fully saturated rings. The molecule has 0 unspecified atom stereocenters. The Labute approximate surface area is 289 Å². The highest BCUT2D eigenvalue weighted by Crippen LogP contribution is 2.23. The quantitative estimate of drug-likeness (QED) is 0.161. The van der Waals surface area contributed by atoms with Gasteiger partial charge in [-0.15, -0.1) is 11.8 Å². The Morgan fingerprint density at radius 3 is 2.45 bits per heavy atom. The van der Waals surface area contributed by atoms with Crippen LogP contribution in [0.5, 0.6) is 0 Å². The van der Waals surface area contributed by atoms with E-state index in [0.29, 0.717) is 42.4 Å². The number of carbonyl (C=O) groups excluding carboxylic acids is 3. The van der Waals surface area contributed by atoms with Gasteiger partial charge in [-0.25, -0.2) is 4.98 Å². The van der Waals surface area contributed by atoms with E-state index >= 15 is 0 Å². The third-order valence-corrected chi connectivity index (χ3v) is 9.13. The molecule has 3 N–H and O–H groups in total. The lowest BCUT2D eigenvalue weighted by molar-refractivity contribution is 0.0383. The smallest absolute Gasteiger partial charge is 0.274 e. The molecule has 2 aromatic carbocycles. The predicted octanol–water partition coefficient (Wildman–Crippen LogP) is 5.37. The van der Waals surface area contributed by atoms with Crippen LogP contribution < -0.4 is 16.0 Å². The Morgan fingerprint density at radius 1 is 0.878 bits per heavy atom. The molecule has 0 saturated carbocycles. The van der Waals surface area contributed by atoms with Crippen molar-refractivity contribution in [1.82, 2.24) is 24.3 Å². The number of morpholine rings is 1. The van der Waals surface area contributed by atoms with Gasteiger partial charge in [-0.05, 0) is 66.4 Å². The third-order valence-electron chi connectivity index (χ3n) is 8.38. The van der Waals surface area contributed by atoms with Crippen LogP contribution in [0.3, 0.4) is 0 Å². The van der Waals surface area contributed by atoms with Crippen LogP contribution >= 0.6 is 11.8 Å². The number of nitrogens with zero attached hydrogens (tertiary/aromatic N) is 4. The van der Waals surface area contributed by atoms with Crippen molar-refractivity contribution in [1.29, 1.82) is 0 Å². The monoisotopic (exact) mass is 677 g/mol. The molecule has 1 aliphatic rings. The van der Waals surface area contributed by atoms with Crippen molar-refractivity contribution in [2.45, 2.75) is 4.90 Å². The summed E-state index contributed by atoms with van der Waals surface area (Å²) in [5.74, 6) is -0.995. The van der Waals surface area contributed by atoms with E-state index < -0.39 is 5.91 Å². The van der Waals surface area contributed by atoms with E-state index in [1.165, 1.54) is 4.90 Å². The summed E-state index contributed by atoms with van der Waals surface area (Å²) in [5.41, 5.74) is 4.64. The van der Waals surface area contributed by atoms with Crippen molar-refractivity contribution in [3.8, 4) is 0 Å². The van der Waals surface area contributed by atoms with Crippen molar-refractivity contribution < 1.29 is 19.1 Å². The molecule has 0 radical (unpaired) electrons. The Bertz CT molecular complexity index is 2010. The fourth-order valence-electron chi connectivity index (χ4n) is 5.67. The molecule has 3 aromatic heterocycles. The van der Waals surface area contributed by atoms with Gasteiger partial charge in [-0.2, -0.15) is 0 Å². The van der Waals surface area contributed by atoms with Gasteiger partial charge >= 0.3 is 0 Å². The number of rotatable bonds is 11. The summed E-state index contributed by atoms with van der Waals surface area (Å²) in [6.07, 6.45) is 9.44. The zero-order chi connectivity index (χ0) is 34.3. The lowest BCUT2D eigenvalue weighted by atomic mass is 10.1. The number of thioether (sulfide) groups is 1. The van der Waals surface area contributed by atoms with Crippen LogP contribution in [0.1, 0.15) is 42.6 Å². The summed E-state index contributed by atoms with van der Waals surface area (Å²) in [7, 11) is 3.49. The van der Waals surface area contributed by atoms with Gasteiger partial charge in [0.05, 0.1) is 35.8 Å². The Morgan fingerprint density at radius 2 is 1.67 bits per heavy atom. The number of aryl methyl sites for hydroxylation is 2. The Kier molecular flexibility index (Phi) is 10.6. The molecule has 6 rings (SSSR count). The molecule has 12 heteroatoms. The van der Waals surface area contributed by atoms with Crippen LogP contribution in [0.2, 0.25) is 0 Å². The molecule has 1 saturated heterocycles. The van der Waals surface area contributed by atoms with E-state index in [2.05, 4.69) is 51.4 Å². The molecule has 5 aromatic rings. The largest absolute Gasteiger partial charge is 0.379 e. The summed E-state index contributed by atoms with van der Waals surface area (Å²) < 4.78 is 8.69. The molecule has 0 spiro atoms. The van der Waals surface area contributed by atoms with Crippen molar-refractivity contribution in [3.05, 3.63) is 107 Å². The van der Waals surface area contributed by atoms with Crippen LogP contribution in [-0.4, -0.2) is 82.4 Å². The fourth-order valence-corrected chi connectivity index (χ4v) is 6.08. The number of fused-ring (bicyclic) bond motifs is 1. The second-order valence-corrected chi connectivity index (χ2v) is 12.7. The number of hydrogen-bond donors (Lipinski definition) is 3. The normalized spacial score (nSPS) is 13.5. The van der Waals surface area contributed by atoms with Gasteiger partial charge in [0.25, 0.3) is 17.7 Å². The van der Waals surface area contributed by atoms with Crippen LogP contribution in [0.25, 0.3) is 23.1 Å². The average molecular weight is 678 g/mol. The molecular formula is C37H39N7O4S. The number of benzene rings is 2. The first kappa shape index (κ1) is 33.7.